The first-order valence-electron chi connectivity index (χ1n) is 6.70. The number of fused-ring (bicyclic) bond motifs is 1. The Morgan fingerprint density at radius 3 is 3.00 bits per heavy atom. The molecule has 2 heterocycles. The third kappa shape index (κ3) is 2.90. The highest BCUT2D eigenvalue weighted by atomic mass is 16.5. The lowest BCUT2D eigenvalue weighted by molar-refractivity contribution is 0.00328. The first kappa shape index (κ1) is 13.1. The highest BCUT2D eigenvalue weighted by Crippen LogP contribution is 2.41. The van der Waals surface area contributed by atoms with E-state index in [1.165, 1.54) is 31.4 Å². The van der Waals surface area contributed by atoms with Crippen molar-refractivity contribution in [1.82, 2.24) is 4.90 Å². The molecular formula is C14H25NO2. The first-order chi connectivity index (χ1) is 8.16. The van der Waals surface area contributed by atoms with Gasteiger partial charge in [0.2, 0.25) is 0 Å². The molecule has 98 valence electrons. The predicted molar refractivity (Wildman–Crippen MR) is 69.2 cm³/mol. The summed E-state index contributed by atoms with van der Waals surface area (Å²) in [5.74, 6) is 0. The molecule has 0 bridgehead atoms. The lowest BCUT2D eigenvalue weighted by Crippen LogP contribution is -2.43. The molecule has 0 aliphatic carbocycles. The van der Waals surface area contributed by atoms with Gasteiger partial charge in [0.15, 0.2) is 0 Å². The number of rotatable bonds is 5. The van der Waals surface area contributed by atoms with Crippen LogP contribution >= 0.6 is 0 Å². The van der Waals surface area contributed by atoms with Crippen LogP contribution in [0.1, 0.15) is 33.1 Å². The lowest BCUT2D eigenvalue weighted by atomic mass is 9.93. The van der Waals surface area contributed by atoms with Gasteiger partial charge in [-0.1, -0.05) is 11.6 Å². The van der Waals surface area contributed by atoms with Crippen LogP contribution in [0.4, 0.5) is 0 Å². The molecule has 0 radical (unpaired) electrons. The van der Waals surface area contributed by atoms with E-state index in [0.717, 1.165) is 19.8 Å². The van der Waals surface area contributed by atoms with Crippen LogP contribution in [0.5, 0.6) is 0 Å². The van der Waals surface area contributed by atoms with Gasteiger partial charge in [-0.2, -0.15) is 0 Å². The molecule has 0 aromatic heterocycles. The van der Waals surface area contributed by atoms with Gasteiger partial charge in [-0.15, -0.1) is 0 Å². The van der Waals surface area contributed by atoms with Crippen LogP contribution in [-0.2, 0) is 9.47 Å². The minimum Gasteiger partial charge on any atom is -0.381 e. The largest absolute Gasteiger partial charge is 0.381 e. The van der Waals surface area contributed by atoms with Gasteiger partial charge >= 0.3 is 0 Å². The van der Waals surface area contributed by atoms with Gasteiger partial charge in [-0.3, -0.25) is 4.90 Å². The molecular weight excluding hydrogens is 214 g/mol. The van der Waals surface area contributed by atoms with Crippen molar-refractivity contribution in [3.05, 3.63) is 11.6 Å². The summed E-state index contributed by atoms with van der Waals surface area (Å²) in [6.07, 6.45) is 6.35. The number of hydrogen-bond donors (Lipinski definition) is 0. The Balaban J connectivity index is 1.99. The maximum absolute atomic E-state index is 5.88. The van der Waals surface area contributed by atoms with Crippen LogP contribution in [0.15, 0.2) is 11.6 Å². The van der Waals surface area contributed by atoms with E-state index in [9.17, 15) is 0 Å². The predicted octanol–water partition coefficient (Wildman–Crippen LogP) is 2.22. The fourth-order valence-electron chi connectivity index (χ4n) is 3.04. The molecule has 3 nitrogen and oxygen atoms in total. The molecule has 2 rings (SSSR count). The molecule has 0 aromatic carbocycles. The van der Waals surface area contributed by atoms with Gasteiger partial charge in [-0.25, -0.2) is 0 Å². The summed E-state index contributed by atoms with van der Waals surface area (Å²) in [7, 11) is 1.75. The van der Waals surface area contributed by atoms with E-state index in [-0.39, 0.29) is 0 Å². The number of methoxy groups -OCH3 is 1. The Morgan fingerprint density at radius 2 is 2.29 bits per heavy atom. The molecule has 0 saturated carbocycles. The van der Waals surface area contributed by atoms with E-state index >= 15 is 0 Å². The second-order valence-corrected chi connectivity index (χ2v) is 5.60. The highest BCUT2D eigenvalue weighted by molar-refractivity contribution is 5.20. The monoisotopic (exact) mass is 239 g/mol. The Hall–Kier alpha value is -0.380. The van der Waals surface area contributed by atoms with Crippen LogP contribution in [0.3, 0.4) is 0 Å². The molecule has 17 heavy (non-hydrogen) atoms. The van der Waals surface area contributed by atoms with Crippen LogP contribution in [0, 0.1) is 0 Å². The maximum Gasteiger partial charge on any atom is 0.0657 e. The third-order valence-electron chi connectivity index (χ3n) is 3.92. The van der Waals surface area contributed by atoms with E-state index < -0.39 is 0 Å². The van der Waals surface area contributed by atoms with Gasteiger partial charge < -0.3 is 9.47 Å². The standard InChI is InChI=1S/C14H25NO2/c1-12(2)17-11-14-6-4-7-15(14)10-13(9-14)5-8-16-3/h5,12H,4,6-11H2,1-3H3/b13-5-/t14-/m0/s1. The van der Waals surface area contributed by atoms with Gasteiger partial charge in [0.05, 0.1) is 19.3 Å². The van der Waals surface area contributed by atoms with E-state index in [1.54, 1.807) is 7.11 Å². The van der Waals surface area contributed by atoms with E-state index in [4.69, 9.17) is 9.47 Å². The summed E-state index contributed by atoms with van der Waals surface area (Å²) in [6, 6.07) is 0. The van der Waals surface area contributed by atoms with Crippen molar-refractivity contribution < 1.29 is 9.47 Å². The molecule has 2 aliphatic heterocycles. The molecule has 3 heteroatoms. The SMILES string of the molecule is COC/C=C1\CN2CCC[C@@]2(COC(C)C)C1. The Kier molecular flexibility index (Phi) is 4.23. The Morgan fingerprint density at radius 1 is 1.47 bits per heavy atom. The number of hydrogen-bond acceptors (Lipinski definition) is 3. The molecule has 0 N–H and O–H groups in total. The van der Waals surface area contributed by atoms with Crippen molar-refractivity contribution in [1.29, 1.82) is 0 Å². The first-order valence-corrected chi connectivity index (χ1v) is 6.70. The third-order valence-corrected chi connectivity index (χ3v) is 3.92. The summed E-state index contributed by atoms with van der Waals surface area (Å²) >= 11 is 0. The number of ether oxygens (including phenoxy) is 2. The van der Waals surface area contributed by atoms with E-state index in [2.05, 4.69) is 24.8 Å². The Labute approximate surface area is 105 Å². The normalized spacial score (nSPS) is 31.6. The zero-order valence-corrected chi connectivity index (χ0v) is 11.4. The molecule has 0 amide bonds. The zero-order valence-electron chi connectivity index (χ0n) is 11.4. The van der Waals surface area contributed by atoms with E-state index in [1.807, 2.05) is 0 Å². The zero-order chi connectivity index (χ0) is 12.3. The van der Waals surface area contributed by atoms with Crippen LogP contribution in [0.2, 0.25) is 0 Å². The molecule has 2 fully saturated rings. The quantitative estimate of drug-likeness (QED) is 0.687. The molecule has 0 spiro atoms. The van der Waals surface area contributed by atoms with Crippen molar-refractivity contribution in [3.8, 4) is 0 Å². The summed E-state index contributed by atoms with van der Waals surface area (Å²) in [5, 5.41) is 0. The van der Waals surface area contributed by atoms with Gasteiger partial charge in [0.1, 0.15) is 0 Å². The second-order valence-electron chi connectivity index (χ2n) is 5.60. The minimum absolute atomic E-state index is 0.295. The van der Waals surface area contributed by atoms with Gasteiger partial charge in [0, 0.05) is 19.2 Å². The Bertz CT molecular complexity index is 288. The van der Waals surface area contributed by atoms with E-state index in [0.29, 0.717) is 11.6 Å². The fourth-order valence-corrected chi connectivity index (χ4v) is 3.04. The van der Waals surface area contributed by atoms with Crippen molar-refractivity contribution in [3.63, 3.8) is 0 Å². The summed E-state index contributed by atoms with van der Waals surface area (Å²) in [6.45, 7) is 8.20. The fraction of sp³-hybridized carbons (Fsp3) is 0.857. The molecule has 0 unspecified atom stereocenters. The maximum atomic E-state index is 5.88. The summed E-state index contributed by atoms with van der Waals surface area (Å²) in [4.78, 5) is 2.61. The van der Waals surface area contributed by atoms with Crippen molar-refractivity contribution in [2.45, 2.75) is 44.8 Å². The van der Waals surface area contributed by atoms with Crippen molar-refractivity contribution in [2.75, 3.05) is 33.4 Å². The molecule has 0 aromatic rings. The average molecular weight is 239 g/mol. The number of nitrogens with zero attached hydrogens (tertiary/aromatic N) is 1. The van der Waals surface area contributed by atoms with Crippen LogP contribution in [0.25, 0.3) is 0 Å². The molecule has 1 atom stereocenters. The van der Waals surface area contributed by atoms with Gasteiger partial charge in [-0.05, 0) is 39.7 Å². The molecule has 2 saturated heterocycles. The highest BCUT2D eigenvalue weighted by Gasteiger charge is 2.46. The summed E-state index contributed by atoms with van der Waals surface area (Å²) in [5.41, 5.74) is 1.82. The minimum atomic E-state index is 0.295. The van der Waals surface area contributed by atoms with Crippen molar-refractivity contribution in [2.24, 2.45) is 0 Å². The van der Waals surface area contributed by atoms with Crippen LogP contribution < -0.4 is 0 Å². The lowest BCUT2D eigenvalue weighted by Gasteiger charge is -2.32. The van der Waals surface area contributed by atoms with Gasteiger partial charge in [0.25, 0.3) is 0 Å². The smallest absolute Gasteiger partial charge is 0.0657 e. The average Bonchev–Trinajstić information content (AvgIpc) is 2.80. The topological polar surface area (TPSA) is 21.7 Å². The molecule has 2 aliphatic rings. The second kappa shape index (κ2) is 5.51. The summed E-state index contributed by atoms with van der Waals surface area (Å²) < 4.78 is 11.0. The van der Waals surface area contributed by atoms with Crippen molar-refractivity contribution >= 4 is 0 Å². The van der Waals surface area contributed by atoms with Crippen LogP contribution in [-0.4, -0.2) is 50.0 Å².